The Labute approximate surface area is 101 Å². The van der Waals surface area contributed by atoms with Gasteiger partial charge in [-0.25, -0.2) is 0 Å². The third-order valence-corrected chi connectivity index (χ3v) is 4.61. The Morgan fingerprint density at radius 3 is 1.88 bits per heavy atom. The fourth-order valence-electron chi connectivity index (χ4n) is 3.48. The maximum atomic E-state index is 3.70. The Hall–Kier alpha value is -0.0400. The van der Waals surface area contributed by atoms with E-state index >= 15 is 0 Å². The van der Waals surface area contributed by atoms with E-state index in [-0.39, 0.29) is 0 Å². The molecule has 1 heteroatoms. The average molecular weight is 223 g/mol. The molecule has 2 rings (SSSR count). The SMILES string of the molecule is C1CCC(CCNCC2CCCCC2)CC1. The second-order valence-electron chi connectivity index (χ2n) is 6.00. The molecule has 0 atom stereocenters. The molecule has 0 aromatic carbocycles. The normalized spacial score (nSPS) is 24.8. The van der Waals surface area contributed by atoms with Crippen molar-refractivity contribution in [2.45, 2.75) is 70.6 Å². The van der Waals surface area contributed by atoms with Gasteiger partial charge in [-0.15, -0.1) is 0 Å². The Kier molecular flexibility index (Phi) is 5.68. The van der Waals surface area contributed by atoms with Crippen molar-refractivity contribution in [2.24, 2.45) is 11.8 Å². The lowest BCUT2D eigenvalue weighted by molar-refractivity contribution is 0.313. The van der Waals surface area contributed by atoms with Crippen LogP contribution >= 0.6 is 0 Å². The van der Waals surface area contributed by atoms with E-state index in [2.05, 4.69) is 5.32 Å². The fourth-order valence-corrected chi connectivity index (χ4v) is 3.48. The van der Waals surface area contributed by atoms with Crippen molar-refractivity contribution in [3.63, 3.8) is 0 Å². The predicted octanol–water partition coefficient (Wildman–Crippen LogP) is 4.13. The molecule has 0 bridgehead atoms. The first kappa shape index (κ1) is 12.4. The highest BCUT2D eigenvalue weighted by molar-refractivity contribution is 4.70. The Morgan fingerprint density at radius 1 is 0.688 bits per heavy atom. The number of rotatable bonds is 5. The van der Waals surface area contributed by atoms with Crippen LogP contribution in [0.25, 0.3) is 0 Å². The molecule has 0 aromatic rings. The smallest absolute Gasteiger partial charge is 0.00205 e. The van der Waals surface area contributed by atoms with Gasteiger partial charge in [-0.2, -0.15) is 0 Å². The molecular weight excluding hydrogens is 194 g/mol. The van der Waals surface area contributed by atoms with Crippen LogP contribution in [0.2, 0.25) is 0 Å². The van der Waals surface area contributed by atoms with Crippen LogP contribution in [0.4, 0.5) is 0 Å². The van der Waals surface area contributed by atoms with Crippen LogP contribution in [0.15, 0.2) is 0 Å². The molecule has 2 fully saturated rings. The molecule has 16 heavy (non-hydrogen) atoms. The molecule has 1 N–H and O–H groups in total. The molecule has 2 aliphatic carbocycles. The van der Waals surface area contributed by atoms with Crippen molar-refractivity contribution in [3.05, 3.63) is 0 Å². The zero-order valence-electron chi connectivity index (χ0n) is 10.8. The van der Waals surface area contributed by atoms with E-state index in [9.17, 15) is 0 Å². The average Bonchev–Trinajstić information content (AvgIpc) is 2.37. The summed E-state index contributed by atoms with van der Waals surface area (Å²) in [5, 5.41) is 3.70. The van der Waals surface area contributed by atoms with Crippen molar-refractivity contribution in [1.82, 2.24) is 5.32 Å². The van der Waals surface area contributed by atoms with Gasteiger partial charge in [0, 0.05) is 0 Å². The molecule has 0 heterocycles. The summed E-state index contributed by atoms with van der Waals surface area (Å²) < 4.78 is 0. The standard InChI is InChI=1S/C15H29N/c1-3-7-14(8-4-1)11-12-16-13-15-9-5-2-6-10-15/h14-16H,1-13H2. The van der Waals surface area contributed by atoms with Gasteiger partial charge in [-0.1, -0.05) is 51.4 Å². The summed E-state index contributed by atoms with van der Waals surface area (Å²) in [6, 6.07) is 0. The largest absolute Gasteiger partial charge is 0.316 e. The lowest BCUT2D eigenvalue weighted by Crippen LogP contribution is -2.26. The molecule has 0 unspecified atom stereocenters. The summed E-state index contributed by atoms with van der Waals surface area (Å²) in [7, 11) is 0. The summed E-state index contributed by atoms with van der Waals surface area (Å²) in [5.74, 6) is 2.05. The fraction of sp³-hybridized carbons (Fsp3) is 1.00. The van der Waals surface area contributed by atoms with Crippen molar-refractivity contribution < 1.29 is 0 Å². The number of hydrogen-bond acceptors (Lipinski definition) is 1. The molecule has 0 radical (unpaired) electrons. The first-order valence-electron chi connectivity index (χ1n) is 7.66. The Morgan fingerprint density at radius 2 is 1.25 bits per heavy atom. The highest BCUT2D eigenvalue weighted by atomic mass is 14.9. The van der Waals surface area contributed by atoms with Crippen LogP contribution in [0, 0.1) is 11.8 Å². The van der Waals surface area contributed by atoms with E-state index in [1.54, 1.807) is 0 Å². The van der Waals surface area contributed by atoms with Crippen molar-refractivity contribution >= 4 is 0 Å². The molecule has 2 aliphatic rings. The zero-order chi connectivity index (χ0) is 11.1. The summed E-state index contributed by atoms with van der Waals surface area (Å²) in [6.45, 7) is 2.58. The molecular formula is C15H29N. The maximum Gasteiger partial charge on any atom is -0.00205 e. The van der Waals surface area contributed by atoms with E-state index in [0.717, 1.165) is 11.8 Å². The minimum Gasteiger partial charge on any atom is -0.316 e. The predicted molar refractivity (Wildman–Crippen MR) is 70.6 cm³/mol. The van der Waals surface area contributed by atoms with Crippen LogP contribution in [0.5, 0.6) is 0 Å². The van der Waals surface area contributed by atoms with Crippen LogP contribution in [-0.2, 0) is 0 Å². The highest BCUT2D eigenvalue weighted by Gasteiger charge is 2.14. The number of nitrogens with one attached hydrogen (secondary N) is 1. The van der Waals surface area contributed by atoms with Crippen LogP contribution < -0.4 is 5.32 Å². The second-order valence-corrected chi connectivity index (χ2v) is 6.00. The lowest BCUT2D eigenvalue weighted by Gasteiger charge is -2.24. The molecule has 0 saturated heterocycles. The zero-order valence-corrected chi connectivity index (χ0v) is 10.8. The summed E-state index contributed by atoms with van der Waals surface area (Å²) in [4.78, 5) is 0. The molecule has 2 saturated carbocycles. The minimum atomic E-state index is 1.00. The minimum absolute atomic E-state index is 1.00. The van der Waals surface area contributed by atoms with E-state index in [0.29, 0.717) is 0 Å². The first-order chi connectivity index (χ1) is 7.95. The summed E-state index contributed by atoms with van der Waals surface area (Å²) in [5.41, 5.74) is 0. The quantitative estimate of drug-likeness (QED) is 0.691. The molecule has 0 spiro atoms. The Bertz CT molecular complexity index is 146. The monoisotopic (exact) mass is 223 g/mol. The van der Waals surface area contributed by atoms with Crippen LogP contribution in [0.3, 0.4) is 0 Å². The van der Waals surface area contributed by atoms with E-state index in [1.165, 1.54) is 83.7 Å². The summed E-state index contributed by atoms with van der Waals surface area (Å²) in [6.07, 6.45) is 16.3. The van der Waals surface area contributed by atoms with Gasteiger partial charge >= 0.3 is 0 Å². The first-order valence-corrected chi connectivity index (χ1v) is 7.66. The van der Waals surface area contributed by atoms with E-state index in [1.807, 2.05) is 0 Å². The van der Waals surface area contributed by atoms with Gasteiger partial charge in [0.1, 0.15) is 0 Å². The topological polar surface area (TPSA) is 12.0 Å². The highest BCUT2D eigenvalue weighted by Crippen LogP contribution is 2.26. The van der Waals surface area contributed by atoms with Crippen LogP contribution in [0.1, 0.15) is 70.6 Å². The summed E-state index contributed by atoms with van der Waals surface area (Å²) >= 11 is 0. The van der Waals surface area contributed by atoms with Gasteiger partial charge in [0.25, 0.3) is 0 Å². The van der Waals surface area contributed by atoms with Gasteiger partial charge in [-0.05, 0) is 44.2 Å². The second kappa shape index (κ2) is 7.32. The molecule has 0 aliphatic heterocycles. The molecule has 0 aromatic heterocycles. The van der Waals surface area contributed by atoms with Gasteiger partial charge in [0.2, 0.25) is 0 Å². The van der Waals surface area contributed by atoms with Gasteiger partial charge < -0.3 is 5.32 Å². The van der Waals surface area contributed by atoms with Crippen molar-refractivity contribution in [1.29, 1.82) is 0 Å². The third kappa shape index (κ3) is 4.45. The maximum absolute atomic E-state index is 3.70. The van der Waals surface area contributed by atoms with Gasteiger partial charge in [0.15, 0.2) is 0 Å². The molecule has 0 amide bonds. The lowest BCUT2D eigenvalue weighted by atomic mass is 9.87. The van der Waals surface area contributed by atoms with Gasteiger partial charge in [-0.3, -0.25) is 0 Å². The third-order valence-electron chi connectivity index (χ3n) is 4.61. The number of hydrogen-bond donors (Lipinski definition) is 1. The van der Waals surface area contributed by atoms with Crippen molar-refractivity contribution in [3.8, 4) is 0 Å². The van der Waals surface area contributed by atoms with Crippen molar-refractivity contribution in [2.75, 3.05) is 13.1 Å². The Balaban J connectivity index is 1.47. The van der Waals surface area contributed by atoms with Crippen LogP contribution in [-0.4, -0.2) is 13.1 Å². The van der Waals surface area contributed by atoms with Gasteiger partial charge in [0.05, 0.1) is 0 Å². The molecule has 1 nitrogen and oxygen atoms in total. The van der Waals surface area contributed by atoms with E-state index in [4.69, 9.17) is 0 Å². The molecule has 94 valence electrons. The van der Waals surface area contributed by atoms with E-state index < -0.39 is 0 Å².